The van der Waals surface area contributed by atoms with E-state index in [2.05, 4.69) is 26.6 Å². The molecule has 5 nitrogen and oxygen atoms in total. The second-order valence-corrected chi connectivity index (χ2v) is 6.33. The van der Waals surface area contributed by atoms with Crippen LogP contribution in [0.5, 0.6) is 5.75 Å². The number of rotatable bonds is 8. The molecule has 1 amide bonds. The van der Waals surface area contributed by atoms with Crippen LogP contribution in [0.2, 0.25) is 0 Å². The van der Waals surface area contributed by atoms with E-state index >= 15 is 0 Å². The Hall–Kier alpha value is -2.78. The summed E-state index contributed by atoms with van der Waals surface area (Å²) in [4.78, 5) is 12.2. The Morgan fingerprint density at radius 2 is 1.88 bits per heavy atom. The highest BCUT2D eigenvalue weighted by molar-refractivity contribution is 9.10. The molecule has 0 bridgehead atoms. The fourth-order valence-electron chi connectivity index (χ4n) is 2.19. The van der Waals surface area contributed by atoms with Gasteiger partial charge in [-0.05, 0) is 55.3 Å². The number of carbonyl (C=O) groups excluding carboxylic acids is 1. The highest BCUT2D eigenvalue weighted by atomic mass is 79.9. The van der Waals surface area contributed by atoms with Crippen LogP contribution in [0, 0.1) is 11.3 Å². The van der Waals surface area contributed by atoms with Gasteiger partial charge in [-0.2, -0.15) is 5.26 Å². The zero-order chi connectivity index (χ0) is 18.8. The van der Waals surface area contributed by atoms with Crippen LogP contribution in [-0.2, 0) is 11.2 Å². The Morgan fingerprint density at radius 1 is 1.19 bits per heavy atom. The van der Waals surface area contributed by atoms with Gasteiger partial charge >= 0.3 is 0 Å². The Bertz CT molecular complexity index is 793. The van der Waals surface area contributed by atoms with Crippen molar-refractivity contribution in [2.24, 2.45) is 0 Å². The van der Waals surface area contributed by atoms with Crippen LogP contribution < -0.4 is 15.4 Å². The topological polar surface area (TPSA) is 74.1 Å². The fraction of sp³-hybridized carbons (Fsp3) is 0.200. The third-order valence-electron chi connectivity index (χ3n) is 3.51. The molecule has 0 aliphatic carbocycles. The molecule has 0 saturated heterocycles. The summed E-state index contributed by atoms with van der Waals surface area (Å²) >= 11 is 3.40. The summed E-state index contributed by atoms with van der Waals surface area (Å²) in [6, 6.07) is 16.9. The monoisotopic (exact) mass is 413 g/mol. The number of ether oxygens (including phenoxy) is 1. The van der Waals surface area contributed by atoms with Crippen LogP contribution in [0.1, 0.15) is 12.5 Å². The molecule has 6 heteroatoms. The van der Waals surface area contributed by atoms with Gasteiger partial charge in [0.1, 0.15) is 17.4 Å². The van der Waals surface area contributed by atoms with Crippen molar-refractivity contribution in [1.82, 2.24) is 5.32 Å². The van der Waals surface area contributed by atoms with Crippen molar-refractivity contribution in [3.05, 3.63) is 70.3 Å². The zero-order valence-electron chi connectivity index (χ0n) is 14.5. The predicted molar refractivity (Wildman–Crippen MR) is 106 cm³/mol. The molecule has 0 aromatic heterocycles. The molecule has 0 radical (unpaired) electrons. The minimum atomic E-state index is -0.451. The molecule has 0 aliphatic rings. The van der Waals surface area contributed by atoms with Gasteiger partial charge in [0.15, 0.2) is 0 Å². The van der Waals surface area contributed by atoms with E-state index in [1.54, 1.807) is 24.3 Å². The predicted octanol–water partition coefficient (Wildman–Crippen LogP) is 4.03. The van der Waals surface area contributed by atoms with Gasteiger partial charge in [-0.25, -0.2) is 0 Å². The lowest BCUT2D eigenvalue weighted by molar-refractivity contribution is -0.112. The van der Waals surface area contributed by atoms with E-state index in [1.807, 2.05) is 37.3 Å². The quantitative estimate of drug-likeness (QED) is 0.389. The molecule has 0 heterocycles. The maximum atomic E-state index is 12.2. The average Bonchev–Trinajstić information content (AvgIpc) is 2.65. The van der Waals surface area contributed by atoms with E-state index in [4.69, 9.17) is 4.74 Å². The molecule has 0 spiro atoms. The number of halogens is 1. The maximum Gasteiger partial charge on any atom is 0.267 e. The highest BCUT2D eigenvalue weighted by Gasteiger charge is 2.09. The van der Waals surface area contributed by atoms with Gasteiger partial charge in [0, 0.05) is 22.9 Å². The molecule has 2 aromatic rings. The number of hydrogen-bond acceptors (Lipinski definition) is 4. The summed E-state index contributed by atoms with van der Waals surface area (Å²) in [7, 11) is 0. The van der Waals surface area contributed by atoms with Crippen molar-refractivity contribution in [2.45, 2.75) is 13.3 Å². The lowest BCUT2D eigenvalue weighted by Crippen LogP contribution is -2.18. The maximum absolute atomic E-state index is 12.2. The van der Waals surface area contributed by atoms with Crippen molar-refractivity contribution >= 4 is 27.5 Å². The van der Waals surface area contributed by atoms with E-state index in [1.165, 1.54) is 11.8 Å². The summed E-state index contributed by atoms with van der Waals surface area (Å²) in [6.07, 6.45) is 2.24. The van der Waals surface area contributed by atoms with Gasteiger partial charge in [-0.3, -0.25) is 4.79 Å². The minimum absolute atomic E-state index is 0.0229. The smallest absolute Gasteiger partial charge is 0.267 e. The molecule has 134 valence electrons. The number of benzene rings is 2. The third-order valence-corrected chi connectivity index (χ3v) is 4.03. The summed E-state index contributed by atoms with van der Waals surface area (Å²) in [5.41, 5.74) is 1.80. The van der Waals surface area contributed by atoms with Crippen molar-refractivity contribution in [1.29, 1.82) is 5.26 Å². The zero-order valence-corrected chi connectivity index (χ0v) is 16.0. The summed E-state index contributed by atoms with van der Waals surface area (Å²) in [5, 5.41) is 14.9. The highest BCUT2D eigenvalue weighted by Crippen LogP contribution is 2.16. The number of nitriles is 1. The van der Waals surface area contributed by atoms with Gasteiger partial charge in [0.2, 0.25) is 0 Å². The Kier molecular flexibility index (Phi) is 7.72. The van der Waals surface area contributed by atoms with Crippen molar-refractivity contribution in [3.8, 4) is 11.8 Å². The van der Waals surface area contributed by atoms with Crippen LogP contribution in [0.4, 0.5) is 5.69 Å². The first-order chi connectivity index (χ1) is 12.6. The molecule has 0 aliphatic heterocycles. The Balaban J connectivity index is 1.85. The first-order valence-corrected chi connectivity index (χ1v) is 9.04. The molecule has 0 fully saturated rings. The number of anilines is 1. The number of hydrogen-bond donors (Lipinski definition) is 2. The Labute approximate surface area is 161 Å². The van der Waals surface area contributed by atoms with Crippen LogP contribution in [0.15, 0.2) is 64.8 Å². The lowest BCUT2D eigenvalue weighted by Gasteiger charge is -2.07. The van der Waals surface area contributed by atoms with E-state index in [0.29, 0.717) is 18.8 Å². The first-order valence-electron chi connectivity index (χ1n) is 8.24. The number of nitrogens with one attached hydrogen (secondary N) is 2. The molecule has 2 aromatic carbocycles. The van der Waals surface area contributed by atoms with Gasteiger partial charge in [0.25, 0.3) is 5.91 Å². The van der Waals surface area contributed by atoms with Crippen molar-refractivity contribution in [2.75, 3.05) is 18.5 Å². The minimum Gasteiger partial charge on any atom is -0.494 e. The van der Waals surface area contributed by atoms with E-state index < -0.39 is 5.91 Å². The Morgan fingerprint density at radius 3 is 2.50 bits per heavy atom. The van der Waals surface area contributed by atoms with Gasteiger partial charge in [-0.15, -0.1) is 0 Å². The number of amides is 1. The van der Waals surface area contributed by atoms with Gasteiger partial charge in [-0.1, -0.05) is 28.1 Å². The second-order valence-electron chi connectivity index (χ2n) is 5.41. The SMILES string of the molecule is CCOc1ccc(NC(=O)/C(C#N)=C\NCCc2ccc(Br)cc2)cc1. The molecular formula is C20H20BrN3O2. The first kappa shape index (κ1) is 19.5. The fourth-order valence-corrected chi connectivity index (χ4v) is 2.45. The summed E-state index contributed by atoms with van der Waals surface area (Å²) in [5.74, 6) is 0.281. The largest absolute Gasteiger partial charge is 0.494 e. The summed E-state index contributed by atoms with van der Waals surface area (Å²) < 4.78 is 6.39. The van der Waals surface area contributed by atoms with Gasteiger partial charge in [0.05, 0.1) is 6.61 Å². The van der Waals surface area contributed by atoms with E-state index in [-0.39, 0.29) is 5.57 Å². The molecule has 26 heavy (non-hydrogen) atoms. The van der Waals surface area contributed by atoms with Crippen molar-refractivity contribution < 1.29 is 9.53 Å². The number of carbonyl (C=O) groups is 1. The van der Waals surface area contributed by atoms with Crippen LogP contribution in [0.3, 0.4) is 0 Å². The van der Waals surface area contributed by atoms with Gasteiger partial charge < -0.3 is 15.4 Å². The normalized spacial score (nSPS) is 10.7. The van der Waals surface area contributed by atoms with Crippen LogP contribution in [-0.4, -0.2) is 19.1 Å². The standard InChI is InChI=1S/C20H20BrN3O2/c1-2-26-19-9-7-18(8-10-19)24-20(25)16(13-22)14-23-12-11-15-3-5-17(21)6-4-15/h3-10,14,23H,2,11-12H2,1H3,(H,24,25)/b16-14-. The molecule has 2 rings (SSSR count). The molecule has 0 saturated carbocycles. The number of nitrogens with zero attached hydrogens (tertiary/aromatic N) is 1. The lowest BCUT2D eigenvalue weighted by atomic mass is 10.1. The van der Waals surface area contributed by atoms with E-state index in [0.717, 1.165) is 16.6 Å². The molecule has 0 unspecified atom stereocenters. The van der Waals surface area contributed by atoms with Crippen LogP contribution >= 0.6 is 15.9 Å². The second kappa shape index (κ2) is 10.3. The molecule has 2 N–H and O–H groups in total. The molecule has 0 atom stereocenters. The third kappa shape index (κ3) is 6.26. The van der Waals surface area contributed by atoms with E-state index in [9.17, 15) is 10.1 Å². The summed E-state index contributed by atoms with van der Waals surface area (Å²) in [6.45, 7) is 3.12. The van der Waals surface area contributed by atoms with Crippen molar-refractivity contribution in [3.63, 3.8) is 0 Å². The van der Waals surface area contributed by atoms with Crippen LogP contribution in [0.25, 0.3) is 0 Å². The molecular weight excluding hydrogens is 394 g/mol. The average molecular weight is 414 g/mol.